The van der Waals surface area contributed by atoms with Gasteiger partial charge in [0.1, 0.15) is 11.6 Å². The smallest absolute Gasteiger partial charge is 0.274 e. The van der Waals surface area contributed by atoms with Gasteiger partial charge in [0.2, 0.25) is 5.91 Å². The fraction of sp³-hybridized carbons (Fsp3) is 0.0870. The van der Waals surface area contributed by atoms with Crippen molar-refractivity contribution in [3.63, 3.8) is 0 Å². The van der Waals surface area contributed by atoms with Gasteiger partial charge < -0.3 is 5.32 Å². The summed E-state index contributed by atoms with van der Waals surface area (Å²) < 4.78 is 29.1. The van der Waals surface area contributed by atoms with Gasteiger partial charge in [-0.05, 0) is 42.5 Å². The van der Waals surface area contributed by atoms with E-state index in [1.165, 1.54) is 30.3 Å². The van der Waals surface area contributed by atoms with E-state index in [4.69, 9.17) is 0 Å². The lowest BCUT2D eigenvalue weighted by atomic mass is 10.1. The van der Waals surface area contributed by atoms with Gasteiger partial charge in [-0.25, -0.2) is 13.5 Å². The summed E-state index contributed by atoms with van der Waals surface area (Å²) in [5.74, 6) is -1.24. The number of benzene rings is 3. The van der Waals surface area contributed by atoms with Crippen LogP contribution in [-0.4, -0.2) is 15.7 Å². The highest BCUT2D eigenvalue weighted by atomic mass is 79.9. The van der Waals surface area contributed by atoms with E-state index in [0.29, 0.717) is 32.2 Å². The fourth-order valence-corrected chi connectivity index (χ4v) is 3.58. The molecule has 0 atom stereocenters. The number of nitrogens with one attached hydrogen (secondary N) is 1. The Kier molecular flexibility index (Phi) is 5.90. The van der Waals surface area contributed by atoms with Gasteiger partial charge in [-0.2, -0.15) is 5.10 Å². The number of hydrogen-bond donors (Lipinski definition) is 1. The average Bonchev–Trinajstić information content (AvgIpc) is 2.75. The third-order valence-corrected chi connectivity index (χ3v) is 5.23. The topological polar surface area (TPSA) is 64.0 Å². The quantitative estimate of drug-likeness (QED) is 0.448. The van der Waals surface area contributed by atoms with Crippen molar-refractivity contribution in [3.8, 4) is 0 Å². The first-order valence-electron chi connectivity index (χ1n) is 9.39. The summed E-state index contributed by atoms with van der Waals surface area (Å²) in [4.78, 5) is 25.5. The molecule has 0 aliphatic heterocycles. The first kappa shape index (κ1) is 20.9. The van der Waals surface area contributed by atoms with Crippen LogP contribution in [0, 0.1) is 11.6 Å². The Morgan fingerprint density at radius 3 is 2.42 bits per heavy atom. The molecule has 4 rings (SSSR count). The lowest BCUT2D eigenvalue weighted by Crippen LogP contribution is -2.27. The minimum atomic E-state index is -0.466. The van der Waals surface area contributed by atoms with E-state index in [2.05, 4.69) is 26.3 Å². The van der Waals surface area contributed by atoms with E-state index in [9.17, 15) is 18.4 Å². The maximum absolute atomic E-state index is 14.3. The van der Waals surface area contributed by atoms with Crippen molar-refractivity contribution in [1.82, 2.24) is 9.78 Å². The Morgan fingerprint density at radius 1 is 1.00 bits per heavy atom. The van der Waals surface area contributed by atoms with Crippen LogP contribution in [0.15, 0.2) is 76.0 Å². The third kappa shape index (κ3) is 4.69. The van der Waals surface area contributed by atoms with Crippen LogP contribution < -0.4 is 10.9 Å². The SMILES string of the molecule is O=C(Cc1nn(Cc2ccc(Br)cc2F)c(=O)c2ccccc12)Nc1ccc(F)cc1. The van der Waals surface area contributed by atoms with Crippen LogP contribution in [0.5, 0.6) is 0 Å². The van der Waals surface area contributed by atoms with Gasteiger partial charge >= 0.3 is 0 Å². The normalized spacial score (nSPS) is 10.9. The van der Waals surface area contributed by atoms with Gasteiger partial charge in [-0.3, -0.25) is 9.59 Å². The van der Waals surface area contributed by atoms with Crippen molar-refractivity contribution in [3.05, 3.63) is 104 Å². The van der Waals surface area contributed by atoms with Crippen LogP contribution in [0.25, 0.3) is 10.8 Å². The van der Waals surface area contributed by atoms with Crippen molar-refractivity contribution in [2.24, 2.45) is 0 Å². The minimum absolute atomic E-state index is 0.0740. The Labute approximate surface area is 184 Å². The lowest BCUT2D eigenvalue weighted by Gasteiger charge is -2.12. The molecule has 3 aromatic carbocycles. The highest BCUT2D eigenvalue weighted by Gasteiger charge is 2.15. The molecule has 31 heavy (non-hydrogen) atoms. The maximum Gasteiger partial charge on any atom is 0.274 e. The molecular formula is C23H16BrF2N3O2. The number of nitrogens with zero attached hydrogens (tertiary/aromatic N) is 2. The van der Waals surface area contributed by atoms with Crippen molar-refractivity contribution in [1.29, 1.82) is 0 Å². The zero-order chi connectivity index (χ0) is 22.0. The van der Waals surface area contributed by atoms with E-state index in [-0.39, 0.29) is 24.4 Å². The molecule has 8 heteroatoms. The largest absolute Gasteiger partial charge is 0.326 e. The fourth-order valence-electron chi connectivity index (χ4n) is 3.24. The minimum Gasteiger partial charge on any atom is -0.326 e. The first-order chi connectivity index (χ1) is 14.9. The Morgan fingerprint density at radius 2 is 1.71 bits per heavy atom. The molecule has 0 unspecified atom stereocenters. The molecule has 5 nitrogen and oxygen atoms in total. The van der Waals surface area contributed by atoms with Crippen LogP contribution in [-0.2, 0) is 17.8 Å². The molecule has 1 amide bonds. The molecule has 0 spiro atoms. The second-order valence-corrected chi connectivity index (χ2v) is 7.84. The summed E-state index contributed by atoms with van der Waals surface area (Å²) in [6.45, 7) is -0.0740. The maximum atomic E-state index is 14.3. The van der Waals surface area contributed by atoms with E-state index in [0.717, 1.165) is 4.68 Å². The molecular weight excluding hydrogens is 468 g/mol. The van der Waals surface area contributed by atoms with Gasteiger partial charge in [-0.15, -0.1) is 0 Å². The molecule has 1 N–H and O–H groups in total. The van der Waals surface area contributed by atoms with Crippen molar-refractivity contribution in [2.75, 3.05) is 5.32 Å². The van der Waals surface area contributed by atoms with Crippen LogP contribution in [0.4, 0.5) is 14.5 Å². The number of hydrogen-bond acceptors (Lipinski definition) is 3. The number of anilines is 1. The number of amides is 1. The predicted octanol–water partition coefficient (Wildman–Crippen LogP) is 4.67. The molecule has 0 bridgehead atoms. The Bertz CT molecular complexity index is 1340. The van der Waals surface area contributed by atoms with E-state index >= 15 is 0 Å². The van der Waals surface area contributed by atoms with Crippen molar-refractivity contribution < 1.29 is 13.6 Å². The summed E-state index contributed by atoms with van der Waals surface area (Å²) in [5.41, 5.74) is 0.753. The van der Waals surface area contributed by atoms with Gasteiger partial charge in [0.05, 0.1) is 24.0 Å². The Balaban J connectivity index is 1.69. The van der Waals surface area contributed by atoms with Crippen molar-refractivity contribution in [2.45, 2.75) is 13.0 Å². The standard InChI is InChI=1S/C23H16BrF2N3O2/c24-15-6-5-14(20(26)11-15)13-29-23(31)19-4-2-1-3-18(19)21(28-29)12-22(30)27-17-9-7-16(25)8-10-17/h1-11H,12-13H2,(H,27,30). The Hall–Kier alpha value is -3.39. The predicted molar refractivity (Wildman–Crippen MR) is 118 cm³/mol. The van der Waals surface area contributed by atoms with Crippen LogP contribution in [0.3, 0.4) is 0 Å². The van der Waals surface area contributed by atoms with Gasteiger partial charge in [0.15, 0.2) is 0 Å². The number of fused-ring (bicyclic) bond motifs is 1. The second kappa shape index (κ2) is 8.77. The van der Waals surface area contributed by atoms with E-state index in [1.54, 1.807) is 36.4 Å². The lowest BCUT2D eigenvalue weighted by molar-refractivity contribution is -0.115. The van der Waals surface area contributed by atoms with Crippen LogP contribution in [0.1, 0.15) is 11.3 Å². The number of carbonyl (C=O) groups is 1. The number of carbonyl (C=O) groups excluding carboxylic acids is 1. The molecule has 1 heterocycles. The third-order valence-electron chi connectivity index (χ3n) is 4.74. The zero-order valence-corrected chi connectivity index (χ0v) is 17.7. The van der Waals surface area contributed by atoms with Gasteiger partial charge in [0, 0.05) is 21.1 Å². The molecule has 0 aliphatic rings. The summed E-state index contributed by atoms with van der Waals surface area (Å²) >= 11 is 3.21. The van der Waals surface area contributed by atoms with Crippen molar-refractivity contribution >= 4 is 38.3 Å². The van der Waals surface area contributed by atoms with Gasteiger partial charge in [0.25, 0.3) is 5.56 Å². The summed E-state index contributed by atoms with van der Waals surface area (Å²) in [6.07, 6.45) is -0.110. The molecule has 0 fully saturated rings. The number of aromatic nitrogens is 2. The number of rotatable bonds is 5. The first-order valence-corrected chi connectivity index (χ1v) is 10.2. The molecule has 0 saturated heterocycles. The van der Waals surface area contributed by atoms with Crippen LogP contribution in [0.2, 0.25) is 0 Å². The average molecular weight is 484 g/mol. The summed E-state index contributed by atoms with van der Waals surface area (Å²) in [6, 6.07) is 16.8. The molecule has 1 aromatic heterocycles. The second-order valence-electron chi connectivity index (χ2n) is 6.92. The molecule has 0 radical (unpaired) electrons. The zero-order valence-electron chi connectivity index (χ0n) is 16.1. The molecule has 156 valence electrons. The monoisotopic (exact) mass is 483 g/mol. The van der Waals surface area contributed by atoms with E-state index in [1.807, 2.05) is 0 Å². The number of halogens is 3. The highest BCUT2D eigenvalue weighted by molar-refractivity contribution is 9.10. The van der Waals surface area contributed by atoms with E-state index < -0.39 is 11.6 Å². The molecule has 0 saturated carbocycles. The summed E-state index contributed by atoms with van der Waals surface area (Å²) in [7, 11) is 0. The molecule has 4 aromatic rings. The van der Waals surface area contributed by atoms with Crippen LogP contribution >= 0.6 is 15.9 Å². The molecule has 0 aliphatic carbocycles. The van der Waals surface area contributed by atoms with Gasteiger partial charge in [-0.1, -0.05) is 40.2 Å². The highest BCUT2D eigenvalue weighted by Crippen LogP contribution is 2.18. The summed E-state index contributed by atoms with van der Waals surface area (Å²) in [5, 5.41) is 7.98.